The Bertz CT molecular complexity index is 1460. The van der Waals surface area contributed by atoms with Crippen LogP contribution in [0, 0.1) is 6.92 Å². The molecule has 0 amide bonds. The molecule has 7 nitrogen and oxygen atoms in total. The van der Waals surface area contributed by atoms with Crippen molar-refractivity contribution in [2.75, 3.05) is 0 Å². The normalized spacial score (nSPS) is 11.1. The average Bonchev–Trinajstić information content (AvgIpc) is 3.25. The van der Waals surface area contributed by atoms with Crippen molar-refractivity contribution >= 4 is 17.4 Å². The van der Waals surface area contributed by atoms with E-state index in [0.29, 0.717) is 28.1 Å². The van der Waals surface area contributed by atoms with E-state index in [4.69, 9.17) is 4.74 Å². The molecule has 5 aromatic rings. The van der Waals surface area contributed by atoms with E-state index in [2.05, 4.69) is 15.2 Å². The summed E-state index contributed by atoms with van der Waals surface area (Å²) in [6.07, 6.45) is 1.72. The van der Waals surface area contributed by atoms with Crippen LogP contribution in [0.2, 0.25) is 0 Å². The highest BCUT2D eigenvalue weighted by atomic mass is 32.2. The summed E-state index contributed by atoms with van der Waals surface area (Å²) >= 11 is 1.48. The smallest absolute Gasteiger partial charge is 0.258 e. The van der Waals surface area contributed by atoms with Crippen molar-refractivity contribution in [1.82, 2.24) is 24.1 Å². The minimum Gasteiger partial charge on any atom is -0.485 e. The third kappa shape index (κ3) is 4.51. The van der Waals surface area contributed by atoms with Gasteiger partial charge >= 0.3 is 0 Å². The van der Waals surface area contributed by atoms with Gasteiger partial charge in [-0.3, -0.25) is 13.8 Å². The molecule has 3 heterocycles. The first kappa shape index (κ1) is 21.0. The molecule has 33 heavy (non-hydrogen) atoms. The van der Waals surface area contributed by atoms with E-state index in [-0.39, 0.29) is 12.2 Å². The van der Waals surface area contributed by atoms with Gasteiger partial charge in [0.05, 0.1) is 5.69 Å². The highest BCUT2D eigenvalue weighted by molar-refractivity contribution is 7.98. The summed E-state index contributed by atoms with van der Waals surface area (Å²) in [5.41, 5.74) is 3.22. The van der Waals surface area contributed by atoms with Crippen LogP contribution in [0.3, 0.4) is 0 Å². The second kappa shape index (κ2) is 9.30. The number of nitrogens with zero attached hydrogens (tertiary/aromatic N) is 5. The molecule has 0 aliphatic heterocycles. The van der Waals surface area contributed by atoms with Crippen LogP contribution in [0.1, 0.15) is 17.1 Å². The number of benzene rings is 2. The van der Waals surface area contributed by atoms with E-state index in [1.54, 1.807) is 12.3 Å². The second-order valence-corrected chi connectivity index (χ2v) is 8.37. The van der Waals surface area contributed by atoms with Crippen LogP contribution >= 0.6 is 11.8 Å². The summed E-state index contributed by atoms with van der Waals surface area (Å²) in [6.45, 7) is 2.29. The molecule has 0 bridgehead atoms. The van der Waals surface area contributed by atoms with Gasteiger partial charge in [-0.05, 0) is 42.8 Å². The van der Waals surface area contributed by atoms with Crippen LogP contribution in [0.4, 0.5) is 0 Å². The average molecular weight is 456 g/mol. The van der Waals surface area contributed by atoms with E-state index in [1.807, 2.05) is 84.3 Å². The third-order valence-corrected chi connectivity index (χ3v) is 6.10. The number of aryl methyl sites for hydroxylation is 1. The molecule has 0 saturated carbocycles. The predicted octanol–water partition coefficient (Wildman–Crippen LogP) is 4.45. The number of rotatable bonds is 7. The minimum absolute atomic E-state index is 0.104. The Balaban J connectivity index is 1.43. The number of fused-ring (bicyclic) bond motifs is 1. The van der Waals surface area contributed by atoms with Gasteiger partial charge in [0.25, 0.3) is 5.56 Å². The van der Waals surface area contributed by atoms with Crippen LogP contribution in [0.5, 0.6) is 5.75 Å². The molecular weight excluding hydrogens is 434 g/mol. The van der Waals surface area contributed by atoms with Crippen molar-refractivity contribution in [3.63, 3.8) is 0 Å². The first-order valence-electron chi connectivity index (χ1n) is 10.5. The van der Waals surface area contributed by atoms with Gasteiger partial charge in [-0.2, -0.15) is 0 Å². The predicted molar refractivity (Wildman–Crippen MR) is 128 cm³/mol. The van der Waals surface area contributed by atoms with Crippen LogP contribution in [-0.2, 0) is 12.4 Å². The minimum atomic E-state index is -0.104. The van der Waals surface area contributed by atoms with Crippen molar-refractivity contribution in [2.24, 2.45) is 0 Å². The lowest BCUT2D eigenvalue weighted by Gasteiger charge is -2.12. The van der Waals surface area contributed by atoms with E-state index in [9.17, 15) is 4.79 Å². The lowest BCUT2D eigenvalue weighted by molar-refractivity contribution is 0.291. The molecule has 3 aromatic heterocycles. The second-order valence-electron chi connectivity index (χ2n) is 7.43. The Labute approximate surface area is 194 Å². The first-order chi connectivity index (χ1) is 16.2. The zero-order valence-electron chi connectivity index (χ0n) is 18.0. The molecule has 0 fully saturated rings. The third-order valence-electron chi connectivity index (χ3n) is 5.14. The summed E-state index contributed by atoms with van der Waals surface area (Å²) in [7, 11) is 0. The molecule has 0 aliphatic rings. The largest absolute Gasteiger partial charge is 0.485 e. The van der Waals surface area contributed by atoms with Gasteiger partial charge in [-0.1, -0.05) is 54.2 Å². The number of thioether (sulfide) groups is 1. The van der Waals surface area contributed by atoms with Gasteiger partial charge in [0.15, 0.2) is 11.0 Å². The standard InChI is InChI=1S/C25H21N5O2S/c1-18-9-5-6-12-21(18)32-16-23-27-28-25(30(23)20-10-3-2-4-11-20)33-17-19-15-24(31)29-14-8-7-13-22(29)26-19/h2-15H,16-17H2,1H3. The maximum Gasteiger partial charge on any atom is 0.258 e. The number of ether oxygens (including phenoxy) is 1. The summed E-state index contributed by atoms with van der Waals surface area (Å²) < 4.78 is 9.55. The quantitative estimate of drug-likeness (QED) is 0.338. The molecule has 8 heteroatoms. The van der Waals surface area contributed by atoms with Crippen molar-refractivity contribution < 1.29 is 4.74 Å². The van der Waals surface area contributed by atoms with Crippen LogP contribution in [-0.4, -0.2) is 24.1 Å². The van der Waals surface area contributed by atoms with Crippen LogP contribution in [0.15, 0.2) is 95.0 Å². The van der Waals surface area contributed by atoms with E-state index in [1.165, 1.54) is 16.2 Å². The Morgan fingerprint density at radius 1 is 0.939 bits per heavy atom. The lowest BCUT2D eigenvalue weighted by Crippen LogP contribution is -2.14. The number of hydrogen-bond acceptors (Lipinski definition) is 6. The van der Waals surface area contributed by atoms with Crippen molar-refractivity contribution in [1.29, 1.82) is 0 Å². The Morgan fingerprint density at radius 3 is 2.58 bits per heavy atom. The monoisotopic (exact) mass is 455 g/mol. The van der Waals surface area contributed by atoms with Gasteiger partial charge < -0.3 is 4.74 Å². The summed E-state index contributed by atoms with van der Waals surface area (Å²) in [5.74, 6) is 2.00. The van der Waals surface area contributed by atoms with E-state index in [0.717, 1.165) is 17.0 Å². The van der Waals surface area contributed by atoms with Gasteiger partial charge in [0.2, 0.25) is 0 Å². The summed E-state index contributed by atoms with van der Waals surface area (Å²) in [5, 5.41) is 9.52. The molecule has 0 aliphatic carbocycles. The van der Waals surface area contributed by atoms with Crippen LogP contribution in [0.25, 0.3) is 11.3 Å². The zero-order chi connectivity index (χ0) is 22.6. The number of para-hydroxylation sites is 2. The van der Waals surface area contributed by atoms with Gasteiger partial charge in [0, 0.05) is 23.7 Å². The van der Waals surface area contributed by atoms with E-state index < -0.39 is 0 Å². The number of hydrogen-bond donors (Lipinski definition) is 0. The molecule has 0 unspecified atom stereocenters. The van der Waals surface area contributed by atoms with Crippen molar-refractivity contribution in [3.8, 4) is 11.4 Å². The Kier molecular flexibility index (Phi) is 5.91. The van der Waals surface area contributed by atoms with E-state index >= 15 is 0 Å². The highest BCUT2D eigenvalue weighted by Gasteiger charge is 2.16. The maximum atomic E-state index is 12.4. The zero-order valence-corrected chi connectivity index (χ0v) is 18.8. The van der Waals surface area contributed by atoms with Crippen molar-refractivity contribution in [2.45, 2.75) is 24.4 Å². The molecule has 5 rings (SSSR count). The fraction of sp³-hybridized carbons (Fsp3) is 0.120. The summed E-state index contributed by atoms with van der Waals surface area (Å²) in [6, 6.07) is 24.9. The fourth-order valence-electron chi connectivity index (χ4n) is 3.50. The molecular formula is C25H21N5O2S. The lowest BCUT2D eigenvalue weighted by atomic mass is 10.2. The molecule has 0 spiro atoms. The topological polar surface area (TPSA) is 74.3 Å². The molecule has 164 valence electrons. The van der Waals surface area contributed by atoms with Gasteiger partial charge in [-0.15, -0.1) is 10.2 Å². The highest BCUT2D eigenvalue weighted by Crippen LogP contribution is 2.26. The SMILES string of the molecule is Cc1ccccc1OCc1nnc(SCc2cc(=O)n3ccccc3n2)n1-c1ccccc1. The maximum absolute atomic E-state index is 12.4. The van der Waals surface area contributed by atoms with Gasteiger partial charge in [-0.25, -0.2) is 4.98 Å². The molecule has 0 radical (unpaired) electrons. The number of pyridine rings is 1. The Hall–Kier alpha value is -3.91. The molecule has 2 aromatic carbocycles. The summed E-state index contributed by atoms with van der Waals surface area (Å²) in [4.78, 5) is 17.0. The molecule has 0 saturated heterocycles. The first-order valence-corrected chi connectivity index (χ1v) is 11.5. The number of aromatic nitrogens is 5. The van der Waals surface area contributed by atoms with Crippen molar-refractivity contribution in [3.05, 3.63) is 112 Å². The molecule has 0 atom stereocenters. The van der Waals surface area contributed by atoms with Gasteiger partial charge in [0.1, 0.15) is 18.0 Å². The molecule has 0 N–H and O–H groups in total. The Morgan fingerprint density at radius 2 is 1.73 bits per heavy atom. The fourth-order valence-corrected chi connectivity index (χ4v) is 4.36. The van der Waals surface area contributed by atoms with Crippen LogP contribution < -0.4 is 10.3 Å².